The van der Waals surface area contributed by atoms with Gasteiger partial charge < -0.3 is 15.5 Å². The number of methoxy groups -OCH3 is 1. The summed E-state index contributed by atoms with van der Waals surface area (Å²) < 4.78 is 19.9. The second-order valence-electron chi connectivity index (χ2n) is 5.03. The second kappa shape index (κ2) is 6.45. The molecule has 2 aromatic carbocycles. The van der Waals surface area contributed by atoms with Gasteiger partial charge in [0.05, 0.1) is 12.7 Å². The molecule has 24 heavy (non-hydrogen) atoms. The molecule has 0 saturated carbocycles. The van der Waals surface area contributed by atoms with E-state index < -0.39 is 11.7 Å². The predicted molar refractivity (Wildman–Crippen MR) is 92.2 cm³/mol. The molecule has 0 aliphatic rings. The first kappa shape index (κ1) is 16.2. The highest BCUT2D eigenvalue weighted by atomic mass is 79.9. The molecule has 3 N–H and O–H groups in total. The molecule has 0 fully saturated rings. The number of hydrogen-bond donors (Lipinski definition) is 2. The minimum Gasteiger partial charge on any atom is -0.497 e. The van der Waals surface area contributed by atoms with Crippen LogP contribution in [0.5, 0.6) is 5.75 Å². The van der Waals surface area contributed by atoms with Crippen LogP contribution in [0.25, 0.3) is 22.6 Å². The van der Waals surface area contributed by atoms with Crippen molar-refractivity contribution in [3.63, 3.8) is 0 Å². The van der Waals surface area contributed by atoms with Crippen LogP contribution in [0.15, 0.2) is 46.9 Å². The number of carbonyl (C=O) groups excluding carboxylic acids is 1. The number of H-pyrrole nitrogens is 1. The zero-order valence-corrected chi connectivity index (χ0v) is 14.2. The van der Waals surface area contributed by atoms with E-state index in [4.69, 9.17) is 10.5 Å². The van der Waals surface area contributed by atoms with Crippen molar-refractivity contribution in [2.45, 2.75) is 0 Å². The Morgan fingerprint density at radius 3 is 2.54 bits per heavy atom. The van der Waals surface area contributed by atoms with Crippen molar-refractivity contribution in [3.05, 3.63) is 58.4 Å². The third-order valence-electron chi connectivity index (χ3n) is 3.50. The van der Waals surface area contributed by atoms with Crippen molar-refractivity contribution < 1.29 is 13.9 Å². The van der Waals surface area contributed by atoms with Gasteiger partial charge >= 0.3 is 0 Å². The van der Waals surface area contributed by atoms with E-state index in [1.807, 2.05) is 0 Å². The number of nitrogens with one attached hydrogen (secondary N) is 1. The van der Waals surface area contributed by atoms with Crippen LogP contribution in [0.1, 0.15) is 10.5 Å². The van der Waals surface area contributed by atoms with Gasteiger partial charge in [0.2, 0.25) is 0 Å². The van der Waals surface area contributed by atoms with Crippen LogP contribution in [0.2, 0.25) is 0 Å². The van der Waals surface area contributed by atoms with Crippen LogP contribution in [-0.2, 0) is 0 Å². The topological polar surface area (TPSA) is 81.0 Å². The number of carbonyl (C=O) groups is 1. The maximum absolute atomic E-state index is 14.2. The Kier molecular flexibility index (Phi) is 4.35. The number of benzene rings is 2. The minimum atomic E-state index is -0.669. The first-order valence-electron chi connectivity index (χ1n) is 6.99. The molecule has 1 aromatic heterocycles. The summed E-state index contributed by atoms with van der Waals surface area (Å²) in [5.74, 6) is -0.221. The molecule has 5 nitrogen and oxygen atoms in total. The molecule has 0 aliphatic heterocycles. The van der Waals surface area contributed by atoms with E-state index in [0.29, 0.717) is 21.5 Å². The number of nitrogens with two attached hydrogens (primary N) is 1. The highest BCUT2D eigenvalue weighted by molar-refractivity contribution is 9.10. The average molecular weight is 390 g/mol. The molecule has 1 amide bonds. The van der Waals surface area contributed by atoms with Crippen LogP contribution in [0, 0.1) is 5.82 Å². The number of aromatic nitrogens is 2. The van der Waals surface area contributed by atoms with Gasteiger partial charge in [-0.05, 0) is 42.5 Å². The molecule has 0 radical (unpaired) electrons. The minimum absolute atomic E-state index is 0.123. The molecule has 122 valence electrons. The SMILES string of the molecule is COc1ccc(-c2nc(-c3ccc(Br)cc3F)[nH]c2C(N)=O)cc1. The summed E-state index contributed by atoms with van der Waals surface area (Å²) in [4.78, 5) is 18.9. The van der Waals surface area contributed by atoms with E-state index in [2.05, 4.69) is 25.9 Å². The average Bonchev–Trinajstić information content (AvgIpc) is 3.00. The Labute approximate surface area is 145 Å². The fourth-order valence-corrected chi connectivity index (χ4v) is 2.65. The first-order valence-corrected chi connectivity index (χ1v) is 7.78. The third-order valence-corrected chi connectivity index (χ3v) is 3.99. The summed E-state index contributed by atoms with van der Waals surface area (Å²) in [5.41, 5.74) is 6.83. The maximum atomic E-state index is 14.2. The van der Waals surface area contributed by atoms with Gasteiger partial charge in [-0.15, -0.1) is 0 Å². The van der Waals surface area contributed by atoms with E-state index in [0.717, 1.165) is 0 Å². The fraction of sp³-hybridized carbons (Fsp3) is 0.0588. The van der Waals surface area contributed by atoms with Crippen LogP contribution >= 0.6 is 15.9 Å². The molecule has 3 rings (SSSR count). The van der Waals surface area contributed by atoms with Crippen LogP contribution in [0.3, 0.4) is 0 Å². The van der Waals surface area contributed by atoms with E-state index >= 15 is 0 Å². The first-order chi connectivity index (χ1) is 11.5. The molecule has 1 heterocycles. The van der Waals surface area contributed by atoms with Crippen LogP contribution in [-0.4, -0.2) is 23.0 Å². The zero-order valence-electron chi connectivity index (χ0n) is 12.6. The van der Waals surface area contributed by atoms with Crippen molar-refractivity contribution >= 4 is 21.8 Å². The van der Waals surface area contributed by atoms with Crippen molar-refractivity contribution in [2.24, 2.45) is 5.73 Å². The molecule has 0 unspecified atom stereocenters. The number of ether oxygens (including phenoxy) is 1. The van der Waals surface area contributed by atoms with Gasteiger partial charge in [-0.1, -0.05) is 15.9 Å². The number of nitrogens with zero attached hydrogens (tertiary/aromatic N) is 1. The molecule has 3 aromatic rings. The molecule has 0 saturated heterocycles. The van der Waals surface area contributed by atoms with E-state index in [9.17, 15) is 9.18 Å². The number of hydrogen-bond acceptors (Lipinski definition) is 3. The van der Waals surface area contributed by atoms with Crippen LogP contribution in [0.4, 0.5) is 4.39 Å². The number of imidazole rings is 1. The van der Waals surface area contributed by atoms with Crippen LogP contribution < -0.4 is 10.5 Å². The van der Waals surface area contributed by atoms with Crippen molar-refractivity contribution in [1.82, 2.24) is 9.97 Å². The maximum Gasteiger partial charge on any atom is 0.267 e. The Morgan fingerprint density at radius 1 is 1.25 bits per heavy atom. The Hall–Kier alpha value is -2.67. The number of primary amides is 1. The van der Waals surface area contributed by atoms with E-state index in [1.165, 1.54) is 6.07 Å². The van der Waals surface area contributed by atoms with Gasteiger partial charge in [-0.2, -0.15) is 0 Å². The molecule has 0 aliphatic carbocycles. The number of halogens is 2. The lowest BCUT2D eigenvalue weighted by atomic mass is 10.1. The normalized spacial score (nSPS) is 10.6. The highest BCUT2D eigenvalue weighted by Crippen LogP contribution is 2.29. The highest BCUT2D eigenvalue weighted by Gasteiger charge is 2.19. The number of amides is 1. The molecular weight excluding hydrogens is 377 g/mol. The number of aromatic amines is 1. The standard InChI is InChI=1S/C17H13BrFN3O2/c1-24-11-5-2-9(3-6-11)14-15(16(20)23)22-17(21-14)12-7-4-10(18)8-13(12)19/h2-8H,1H3,(H2,20,23)(H,21,22). The van der Waals surface area contributed by atoms with Gasteiger partial charge in [-0.3, -0.25) is 4.79 Å². The summed E-state index contributed by atoms with van der Waals surface area (Å²) in [6.45, 7) is 0. The summed E-state index contributed by atoms with van der Waals surface area (Å²) in [6, 6.07) is 11.6. The molecule has 7 heteroatoms. The van der Waals surface area contributed by atoms with Crippen molar-refractivity contribution in [2.75, 3.05) is 7.11 Å². The third kappa shape index (κ3) is 3.03. The van der Waals surface area contributed by atoms with Gasteiger partial charge in [0.1, 0.15) is 28.8 Å². The Morgan fingerprint density at radius 2 is 1.96 bits per heavy atom. The van der Waals surface area contributed by atoms with E-state index in [-0.39, 0.29) is 17.1 Å². The smallest absolute Gasteiger partial charge is 0.267 e. The Bertz CT molecular complexity index is 907. The number of rotatable bonds is 4. The lowest BCUT2D eigenvalue weighted by Gasteiger charge is -2.02. The lowest BCUT2D eigenvalue weighted by molar-refractivity contribution is 0.0997. The predicted octanol–water partition coefficient (Wildman–Crippen LogP) is 3.75. The largest absolute Gasteiger partial charge is 0.497 e. The molecule has 0 atom stereocenters. The van der Waals surface area contributed by atoms with Gasteiger partial charge in [0, 0.05) is 10.0 Å². The quantitative estimate of drug-likeness (QED) is 0.712. The lowest BCUT2D eigenvalue weighted by Crippen LogP contribution is -2.12. The van der Waals surface area contributed by atoms with E-state index in [1.54, 1.807) is 43.5 Å². The summed E-state index contributed by atoms with van der Waals surface area (Å²) in [6.07, 6.45) is 0. The zero-order chi connectivity index (χ0) is 17.3. The van der Waals surface area contributed by atoms with Gasteiger partial charge in [0.25, 0.3) is 5.91 Å². The van der Waals surface area contributed by atoms with Crippen molar-refractivity contribution in [1.29, 1.82) is 0 Å². The van der Waals surface area contributed by atoms with Gasteiger partial charge in [0.15, 0.2) is 0 Å². The monoisotopic (exact) mass is 389 g/mol. The molecule has 0 spiro atoms. The van der Waals surface area contributed by atoms with Gasteiger partial charge in [-0.25, -0.2) is 9.37 Å². The molecule has 0 bridgehead atoms. The molecular formula is C17H13BrFN3O2. The summed E-state index contributed by atoms with van der Waals surface area (Å²) in [5, 5.41) is 0. The fourth-order valence-electron chi connectivity index (χ4n) is 2.32. The van der Waals surface area contributed by atoms with Crippen molar-refractivity contribution in [3.8, 4) is 28.4 Å². The second-order valence-corrected chi connectivity index (χ2v) is 5.94. The summed E-state index contributed by atoms with van der Waals surface area (Å²) >= 11 is 3.21. The Balaban J connectivity index is 2.12. The summed E-state index contributed by atoms with van der Waals surface area (Å²) in [7, 11) is 1.56.